The van der Waals surface area contributed by atoms with Gasteiger partial charge in [-0.2, -0.15) is 12.7 Å². The topological polar surface area (TPSA) is 113 Å². The quantitative estimate of drug-likeness (QED) is 0.215. The van der Waals surface area contributed by atoms with Crippen molar-refractivity contribution in [2.75, 3.05) is 40.8 Å². The van der Waals surface area contributed by atoms with Gasteiger partial charge in [-0.1, -0.05) is 55.7 Å². The molecule has 1 saturated heterocycles. The van der Waals surface area contributed by atoms with Gasteiger partial charge in [0.25, 0.3) is 5.91 Å². The van der Waals surface area contributed by atoms with Crippen LogP contribution >= 0.6 is 0 Å². The summed E-state index contributed by atoms with van der Waals surface area (Å²) in [5, 5.41) is 4.64. The fraction of sp³-hybridized carbons (Fsp3) is 0.436. The molecule has 11 heteroatoms. The predicted octanol–water partition coefficient (Wildman–Crippen LogP) is 5.85. The Morgan fingerprint density at radius 1 is 0.980 bits per heavy atom. The number of fused-ring (bicyclic) bond motifs is 1. The molecule has 2 N–H and O–H groups in total. The van der Waals surface area contributed by atoms with Gasteiger partial charge in [0.15, 0.2) is 0 Å². The van der Waals surface area contributed by atoms with E-state index in [0.717, 1.165) is 77.3 Å². The van der Waals surface area contributed by atoms with E-state index in [2.05, 4.69) is 38.9 Å². The maximum absolute atomic E-state index is 14.6. The Morgan fingerprint density at radius 2 is 1.70 bits per heavy atom. The van der Waals surface area contributed by atoms with Crippen LogP contribution in [0.1, 0.15) is 78.4 Å². The molecule has 7 rings (SSSR count). The van der Waals surface area contributed by atoms with Crippen molar-refractivity contribution in [2.24, 2.45) is 5.41 Å². The third-order valence-electron chi connectivity index (χ3n) is 10.9. The molecule has 10 nitrogen and oxygen atoms in total. The molecule has 4 aromatic rings. The summed E-state index contributed by atoms with van der Waals surface area (Å²) < 4.78 is 36.2. The second kappa shape index (κ2) is 13.8. The number of nitrogens with one attached hydrogen (secondary N) is 2. The predicted molar refractivity (Wildman–Crippen MR) is 195 cm³/mol. The molecule has 1 aromatic heterocycles. The number of nitrogens with zero attached hydrogens (tertiary/aromatic N) is 3. The number of ether oxygens (including phenoxy) is 1. The lowest BCUT2D eigenvalue weighted by Gasteiger charge is -2.36. The number of aromatic nitrogens is 1. The number of methoxy groups -OCH3 is 1. The van der Waals surface area contributed by atoms with Crippen LogP contribution in [-0.2, 0) is 21.5 Å². The van der Waals surface area contributed by atoms with Crippen LogP contribution in [0.15, 0.2) is 72.8 Å². The van der Waals surface area contributed by atoms with E-state index in [-0.39, 0.29) is 17.5 Å². The molecule has 3 aromatic carbocycles. The van der Waals surface area contributed by atoms with E-state index in [1.165, 1.54) is 31.6 Å². The number of hydrogen-bond donors (Lipinski definition) is 2. The standard InChI is InChI=1S/C39H47N5O5S/c1-42(2)50(47,48)41-37(45)30-16-19-32-34(24-30)44(36(29-14-17-31(49-3)18-15-29)35(32)28-12-8-5-9-13-28)26-39(20-21-39)38(46)43-23-22-40-33(25-43)27-10-6-4-7-11-27/h4,6-7,10-11,14-19,24,28,33,40H,5,8-9,12-13,20-23,25-26H2,1-3H3,(H,41,45). The van der Waals surface area contributed by atoms with Gasteiger partial charge in [-0.05, 0) is 84.7 Å². The smallest absolute Gasteiger partial charge is 0.303 e. The Morgan fingerprint density at radius 3 is 2.36 bits per heavy atom. The SMILES string of the molecule is COc1ccc(-c2c(C3CCCCC3)c3ccc(C(=O)NS(=O)(=O)N(C)C)cc3n2CC2(C(=O)N3CCNC(c4ccccc4)C3)CC2)cc1. The Hall–Kier alpha value is -4.19. The van der Waals surface area contributed by atoms with Crippen LogP contribution in [0.5, 0.6) is 5.75 Å². The van der Waals surface area contributed by atoms with Crippen molar-refractivity contribution in [1.29, 1.82) is 0 Å². The molecule has 1 atom stereocenters. The van der Waals surface area contributed by atoms with E-state index >= 15 is 0 Å². The number of benzene rings is 3. The summed E-state index contributed by atoms with van der Waals surface area (Å²) >= 11 is 0. The van der Waals surface area contributed by atoms with Crippen LogP contribution in [0.2, 0.25) is 0 Å². The van der Waals surface area contributed by atoms with Gasteiger partial charge in [0, 0.05) is 62.8 Å². The molecule has 1 unspecified atom stereocenters. The summed E-state index contributed by atoms with van der Waals surface area (Å²) in [5.41, 5.74) is 5.03. The first kappa shape index (κ1) is 34.3. The second-order valence-corrected chi connectivity index (χ2v) is 16.2. The zero-order valence-electron chi connectivity index (χ0n) is 29.2. The lowest BCUT2D eigenvalue weighted by atomic mass is 9.81. The molecule has 264 valence electrons. The highest BCUT2D eigenvalue weighted by atomic mass is 32.2. The van der Waals surface area contributed by atoms with Crippen LogP contribution in [-0.4, -0.2) is 74.8 Å². The largest absolute Gasteiger partial charge is 0.497 e. The van der Waals surface area contributed by atoms with E-state index in [4.69, 9.17) is 4.74 Å². The average Bonchev–Trinajstić information content (AvgIpc) is 3.87. The van der Waals surface area contributed by atoms with E-state index < -0.39 is 21.5 Å². The van der Waals surface area contributed by atoms with Crippen molar-refractivity contribution in [1.82, 2.24) is 23.8 Å². The van der Waals surface area contributed by atoms with Gasteiger partial charge < -0.3 is 19.5 Å². The van der Waals surface area contributed by atoms with Gasteiger partial charge in [-0.15, -0.1) is 0 Å². The number of rotatable bonds is 10. The van der Waals surface area contributed by atoms with Crippen molar-refractivity contribution >= 4 is 32.9 Å². The van der Waals surface area contributed by atoms with Crippen molar-refractivity contribution in [3.63, 3.8) is 0 Å². The van der Waals surface area contributed by atoms with Gasteiger partial charge in [0.2, 0.25) is 5.91 Å². The van der Waals surface area contributed by atoms with Gasteiger partial charge >= 0.3 is 10.2 Å². The minimum Gasteiger partial charge on any atom is -0.497 e. The van der Waals surface area contributed by atoms with Crippen LogP contribution in [0.25, 0.3) is 22.2 Å². The first-order valence-corrected chi connectivity index (χ1v) is 19.2. The highest BCUT2D eigenvalue weighted by Crippen LogP contribution is 2.52. The maximum atomic E-state index is 14.6. The fourth-order valence-electron chi connectivity index (χ4n) is 7.89. The van der Waals surface area contributed by atoms with Gasteiger partial charge in [-0.25, -0.2) is 4.72 Å². The number of carbonyl (C=O) groups excluding carboxylic acids is 2. The van der Waals surface area contributed by atoms with E-state index in [1.807, 2.05) is 47.4 Å². The van der Waals surface area contributed by atoms with Gasteiger partial charge in [0.05, 0.1) is 18.2 Å². The Labute approximate surface area is 295 Å². The average molecular weight is 698 g/mol. The fourth-order valence-corrected chi connectivity index (χ4v) is 8.42. The molecule has 3 fully saturated rings. The molecule has 2 heterocycles. The summed E-state index contributed by atoms with van der Waals surface area (Å²) in [7, 11) is 0.436. The second-order valence-electron chi connectivity index (χ2n) is 14.3. The molecular formula is C39H47N5O5S. The molecule has 0 spiro atoms. The van der Waals surface area contributed by atoms with Crippen molar-refractivity contribution in [2.45, 2.75) is 63.5 Å². The first-order valence-electron chi connectivity index (χ1n) is 17.7. The zero-order chi connectivity index (χ0) is 35.0. The van der Waals surface area contributed by atoms with Crippen LogP contribution in [0.4, 0.5) is 0 Å². The molecule has 0 radical (unpaired) electrons. The highest BCUT2D eigenvalue weighted by Gasteiger charge is 2.53. The van der Waals surface area contributed by atoms with Gasteiger partial charge in [0.1, 0.15) is 5.75 Å². The molecule has 2 saturated carbocycles. The lowest BCUT2D eigenvalue weighted by molar-refractivity contribution is -0.138. The number of amides is 2. The van der Waals surface area contributed by atoms with Crippen molar-refractivity contribution < 1.29 is 22.7 Å². The van der Waals surface area contributed by atoms with Crippen molar-refractivity contribution in [3.8, 4) is 17.0 Å². The number of piperazine rings is 1. The summed E-state index contributed by atoms with van der Waals surface area (Å²) in [4.78, 5) is 30.0. The molecule has 0 bridgehead atoms. The lowest BCUT2D eigenvalue weighted by Crippen LogP contribution is -2.51. The Bertz CT molecular complexity index is 1980. The maximum Gasteiger partial charge on any atom is 0.303 e. The Balaban J connectivity index is 1.33. The molecule has 2 aliphatic carbocycles. The molecule has 50 heavy (non-hydrogen) atoms. The first-order chi connectivity index (χ1) is 24.1. The van der Waals surface area contributed by atoms with Crippen LogP contribution < -0.4 is 14.8 Å². The molecular weight excluding hydrogens is 651 g/mol. The number of hydrogen-bond acceptors (Lipinski definition) is 6. The van der Waals surface area contributed by atoms with E-state index in [9.17, 15) is 18.0 Å². The number of carbonyl (C=O) groups is 2. The summed E-state index contributed by atoms with van der Waals surface area (Å²) in [5.74, 6) is 0.567. The van der Waals surface area contributed by atoms with Gasteiger partial charge in [-0.3, -0.25) is 9.59 Å². The monoisotopic (exact) mass is 697 g/mol. The van der Waals surface area contributed by atoms with Crippen molar-refractivity contribution in [3.05, 3.63) is 89.5 Å². The summed E-state index contributed by atoms with van der Waals surface area (Å²) in [6.45, 7) is 2.46. The zero-order valence-corrected chi connectivity index (χ0v) is 30.0. The molecule has 2 amide bonds. The van der Waals surface area contributed by atoms with E-state index in [1.54, 1.807) is 13.2 Å². The van der Waals surface area contributed by atoms with Crippen LogP contribution in [0, 0.1) is 5.41 Å². The Kier molecular flexibility index (Phi) is 9.49. The molecule has 1 aliphatic heterocycles. The minimum atomic E-state index is -3.99. The third-order valence-corrected chi connectivity index (χ3v) is 12.3. The molecule has 3 aliphatic rings. The van der Waals surface area contributed by atoms with Crippen LogP contribution in [0.3, 0.4) is 0 Å². The summed E-state index contributed by atoms with van der Waals surface area (Å²) in [6.07, 6.45) is 7.21. The van der Waals surface area contributed by atoms with E-state index in [0.29, 0.717) is 25.6 Å². The normalized spacial score (nSPS) is 19.4. The third kappa shape index (κ3) is 6.66. The highest BCUT2D eigenvalue weighted by molar-refractivity contribution is 7.87. The minimum absolute atomic E-state index is 0.0735. The summed E-state index contributed by atoms with van der Waals surface area (Å²) in [6, 6.07) is 24.0.